The Bertz CT molecular complexity index is 596. The zero-order valence-electron chi connectivity index (χ0n) is 12.3. The molecule has 112 valence electrons. The fourth-order valence-corrected chi connectivity index (χ4v) is 2.28. The molecule has 0 saturated carbocycles. The van der Waals surface area contributed by atoms with Crippen molar-refractivity contribution in [3.8, 4) is 0 Å². The molecule has 0 aliphatic heterocycles. The van der Waals surface area contributed by atoms with Crippen LogP contribution in [0.4, 0.5) is 14.5 Å². The van der Waals surface area contributed by atoms with Gasteiger partial charge in [-0.05, 0) is 42.3 Å². The summed E-state index contributed by atoms with van der Waals surface area (Å²) in [5.74, 6) is -0.949. The van der Waals surface area contributed by atoms with E-state index >= 15 is 0 Å². The molecule has 0 spiro atoms. The van der Waals surface area contributed by atoms with E-state index in [1.165, 1.54) is 5.56 Å². The number of likely N-dealkylation sites (N-methyl/N-ethyl adjacent to an activating group) is 1. The van der Waals surface area contributed by atoms with E-state index < -0.39 is 17.7 Å². The van der Waals surface area contributed by atoms with E-state index in [0.29, 0.717) is 6.54 Å². The van der Waals surface area contributed by atoms with E-state index in [1.807, 2.05) is 24.1 Å². The molecule has 0 aliphatic rings. The van der Waals surface area contributed by atoms with Gasteiger partial charge < -0.3 is 10.6 Å². The highest BCUT2D eigenvalue weighted by Crippen LogP contribution is 2.20. The summed E-state index contributed by atoms with van der Waals surface area (Å²) in [5.41, 5.74) is 8.47. The monoisotopic (exact) mass is 290 g/mol. The number of aryl methyl sites for hydroxylation is 1. The highest BCUT2D eigenvalue weighted by Gasteiger charge is 2.15. The Hall–Kier alpha value is -1.94. The molecule has 0 bridgehead atoms. The Morgan fingerprint density at radius 3 is 2.38 bits per heavy atom. The molecule has 2 aromatic carbocycles. The Morgan fingerprint density at radius 1 is 1.10 bits per heavy atom. The quantitative estimate of drug-likeness (QED) is 0.910. The number of benzene rings is 2. The molecule has 4 heteroatoms. The third-order valence-corrected chi connectivity index (χ3v) is 3.61. The molecule has 2 rings (SSSR count). The maximum Gasteiger partial charge on any atom is 0.128 e. The minimum absolute atomic E-state index is 0.201. The molecule has 0 aliphatic carbocycles. The molecule has 0 radical (unpaired) electrons. The first-order chi connectivity index (χ1) is 10.0. The first-order valence-corrected chi connectivity index (χ1v) is 7.02. The highest BCUT2D eigenvalue weighted by atomic mass is 19.1. The van der Waals surface area contributed by atoms with Gasteiger partial charge in [-0.3, -0.25) is 0 Å². The number of halogens is 2. The molecular weight excluding hydrogens is 270 g/mol. The molecule has 1 unspecified atom stereocenters. The summed E-state index contributed by atoms with van der Waals surface area (Å²) in [5, 5.41) is 0. The van der Waals surface area contributed by atoms with Gasteiger partial charge in [-0.1, -0.05) is 19.1 Å². The van der Waals surface area contributed by atoms with E-state index in [2.05, 4.69) is 19.1 Å². The lowest BCUT2D eigenvalue weighted by molar-refractivity contribution is 0.561. The van der Waals surface area contributed by atoms with Gasteiger partial charge >= 0.3 is 0 Å². The first-order valence-electron chi connectivity index (χ1n) is 7.02. The number of nitrogens with zero attached hydrogens (tertiary/aromatic N) is 1. The molecule has 21 heavy (non-hydrogen) atoms. The average molecular weight is 290 g/mol. The maximum absolute atomic E-state index is 13.7. The van der Waals surface area contributed by atoms with Crippen molar-refractivity contribution in [3.05, 3.63) is 65.2 Å². The summed E-state index contributed by atoms with van der Waals surface area (Å²) < 4.78 is 26.9. The summed E-state index contributed by atoms with van der Waals surface area (Å²) >= 11 is 0. The van der Waals surface area contributed by atoms with Crippen LogP contribution in [0, 0.1) is 11.6 Å². The van der Waals surface area contributed by atoms with Gasteiger partial charge in [-0.15, -0.1) is 0 Å². The van der Waals surface area contributed by atoms with Crippen molar-refractivity contribution in [2.75, 3.05) is 18.5 Å². The van der Waals surface area contributed by atoms with Gasteiger partial charge in [0.15, 0.2) is 0 Å². The SMILES string of the molecule is CCc1ccc(N(C)CC(N)c2cc(F)ccc2F)cc1. The molecule has 0 amide bonds. The van der Waals surface area contributed by atoms with Crippen LogP contribution in [0.3, 0.4) is 0 Å². The minimum Gasteiger partial charge on any atom is -0.373 e. The average Bonchev–Trinajstić information content (AvgIpc) is 2.49. The summed E-state index contributed by atoms with van der Waals surface area (Å²) in [7, 11) is 1.89. The van der Waals surface area contributed by atoms with Crippen LogP contribution in [0.15, 0.2) is 42.5 Å². The molecule has 1 atom stereocenters. The van der Waals surface area contributed by atoms with Crippen molar-refractivity contribution < 1.29 is 8.78 Å². The van der Waals surface area contributed by atoms with Gasteiger partial charge in [0.1, 0.15) is 11.6 Å². The highest BCUT2D eigenvalue weighted by molar-refractivity contribution is 5.47. The number of rotatable bonds is 5. The molecular formula is C17H20F2N2. The summed E-state index contributed by atoms with van der Waals surface area (Å²) in [6, 6.07) is 10.9. The fourth-order valence-electron chi connectivity index (χ4n) is 2.28. The molecule has 0 saturated heterocycles. The van der Waals surface area contributed by atoms with Crippen LogP contribution in [0.5, 0.6) is 0 Å². The first kappa shape index (κ1) is 15.4. The maximum atomic E-state index is 13.7. The van der Waals surface area contributed by atoms with Gasteiger partial charge in [0.2, 0.25) is 0 Å². The normalized spacial score (nSPS) is 12.2. The smallest absolute Gasteiger partial charge is 0.128 e. The topological polar surface area (TPSA) is 29.3 Å². The van der Waals surface area contributed by atoms with Gasteiger partial charge in [0, 0.05) is 24.8 Å². The second kappa shape index (κ2) is 6.68. The van der Waals surface area contributed by atoms with Gasteiger partial charge in [-0.25, -0.2) is 8.78 Å². The fraction of sp³-hybridized carbons (Fsp3) is 0.294. The minimum atomic E-state index is -0.587. The van der Waals surface area contributed by atoms with Crippen LogP contribution in [0.25, 0.3) is 0 Å². The van der Waals surface area contributed by atoms with Crippen LogP contribution >= 0.6 is 0 Å². The molecule has 0 heterocycles. The predicted molar refractivity (Wildman–Crippen MR) is 82.4 cm³/mol. The third-order valence-electron chi connectivity index (χ3n) is 3.61. The van der Waals surface area contributed by atoms with Crippen molar-refractivity contribution in [1.82, 2.24) is 0 Å². The largest absolute Gasteiger partial charge is 0.373 e. The van der Waals surface area contributed by atoms with Gasteiger partial charge in [0.05, 0.1) is 6.04 Å². The van der Waals surface area contributed by atoms with Crippen LogP contribution in [-0.4, -0.2) is 13.6 Å². The van der Waals surface area contributed by atoms with Crippen LogP contribution in [0.2, 0.25) is 0 Å². The lowest BCUT2D eigenvalue weighted by atomic mass is 10.1. The van der Waals surface area contributed by atoms with E-state index in [4.69, 9.17) is 5.73 Å². The molecule has 0 aromatic heterocycles. The Morgan fingerprint density at radius 2 is 1.76 bits per heavy atom. The van der Waals surface area contributed by atoms with Gasteiger partial charge in [-0.2, -0.15) is 0 Å². The number of hydrogen-bond donors (Lipinski definition) is 1. The zero-order valence-corrected chi connectivity index (χ0v) is 12.3. The van der Waals surface area contributed by atoms with Crippen LogP contribution < -0.4 is 10.6 Å². The predicted octanol–water partition coefficient (Wildman–Crippen LogP) is 3.66. The van der Waals surface area contributed by atoms with Crippen molar-refractivity contribution in [2.45, 2.75) is 19.4 Å². The Kier molecular flexibility index (Phi) is 4.91. The molecule has 2 aromatic rings. The van der Waals surface area contributed by atoms with E-state index in [9.17, 15) is 8.78 Å². The van der Waals surface area contributed by atoms with Crippen molar-refractivity contribution >= 4 is 5.69 Å². The van der Waals surface area contributed by atoms with Crippen molar-refractivity contribution in [1.29, 1.82) is 0 Å². The summed E-state index contributed by atoms with van der Waals surface area (Å²) in [6.07, 6.45) is 0.984. The molecule has 0 fully saturated rings. The van der Waals surface area contributed by atoms with E-state index in [1.54, 1.807) is 0 Å². The molecule has 2 N–H and O–H groups in total. The lowest BCUT2D eigenvalue weighted by Crippen LogP contribution is -2.29. The number of anilines is 1. The van der Waals surface area contributed by atoms with Gasteiger partial charge in [0.25, 0.3) is 0 Å². The third kappa shape index (κ3) is 3.79. The Labute approximate surface area is 124 Å². The standard InChI is InChI=1S/C17H20F2N2/c1-3-12-4-7-14(8-5-12)21(2)11-17(20)15-10-13(18)6-9-16(15)19/h4-10,17H,3,11,20H2,1-2H3. The van der Waals surface area contributed by atoms with E-state index in [-0.39, 0.29) is 5.56 Å². The van der Waals surface area contributed by atoms with Crippen molar-refractivity contribution in [3.63, 3.8) is 0 Å². The summed E-state index contributed by atoms with van der Waals surface area (Å²) in [4.78, 5) is 1.94. The van der Waals surface area contributed by atoms with Crippen LogP contribution in [-0.2, 0) is 6.42 Å². The van der Waals surface area contributed by atoms with Crippen molar-refractivity contribution in [2.24, 2.45) is 5.73 Å². The molecule has 2 nitrogen and oxygen atoms in total. The second-order valence-electron chi connectivity index (χ2n) is 5.17. The summed E-state index contributed by atoms with van der Waals surface area (Å²) in [6.45, 7) is 2.51. The second-order valence-corrected chi connectivity index (χ2v) is 5.17. The zero-order chi connectivity index (χ0) is 15.4. The van der Waals surface area contributed by atoms with Crippen LogP contribution in [0.1, 0.15) is 24.1 Å². The number of hydrogen-bond acceptors (Lipinski definition) is 2. The van der Waals surface area contributed by atoms with E-state index in [0.717, 1.165) is 30.3 Å². The lowest BCUT2D eigenvalue weighted by Gasteiger charge is -2.24. The Balaban J connectivity index is 2.10. The number of nitrogens with two attached hydrogens (primary N) is 1.